The Morgan fingerprint density at radius 2 is 2.17 bits per heavy atom. The number of ether oxygens (including phenoxy) is 1. The van der Waals surface area contributed by atoms with Crippen LogP contribution in [0, 0.1) is 23.7 Å². The Balaban J connectivity index is 1.89. The fourth-order valence-corrected chi connectivity index (χ4v) is 2.51. The SMILES string of the molecule is Cc1cc(OC(=O)c2ccn(C(=N)C3CC3)c(=N)c2Cl)n(C)n1. The van der Waals surface area contributed by atoms with Crippen molar-refractivity contribution in [2.24, 2.45) is 13.0 Å². The van der Waals surface area contributed by atoms with Crippen LogP contribution in [0.3, 0.4) is 0 Å². The first-order valence-corrected chi connectivity index (χ1v) is 7.53. The van der Waals surface area contributed by atoms with Gasteiger partial charge in [-0.3, -0.25) is 15.4 Å². The first-order valence-electron chi connectivity index (χ1n) is 7.16. The van der Waals surface area contributed by atoms with Gasteiger partial charge in [0.2, 0.25) is 5.88 Å². The highest BCUT2D eigenvalue weighted by Gasteiger charge is 2.28. The minimum absolute atomic E-state index is 0.0261. The van der Waals surface area contributed by atoms with Crippen molar-refractivity contribution in [3.63, 3.8) is 0 Å². The van der Waals surface area contributed by atoms with Gasteiger partial charge in [0, 0.05) is 25.2 Å². The van der Waals surface area contributed by atoms with Crippen molar-refractivity contribution in [2.75, 3.05) is 0 Å². The van der Waals surface area contributed by atoms with E-state index in [4.69, 9.17) is 27.2 Å². The van der Waals surface area contributed by atoms with E-state index in [1.54, 1.807) is 20.0 Å². The first kappa shape index (κ1) is 15.5. The second kappa shape index (κ2) is 5.66. The number of hydrogen-bond acceptors (Lipinski definition) is 5. The van der Waals surface area contributed by atoms with Gasteiger partial charge in [-0.25, -0.2) is 9.48 Å². The summed E-state index contributed by atoms with van der Waals surface area (Å²) in [6.45, 7) is 1.79. The summed E-state index contributed by atoms with van der Waals surface area (Å²) in [5.74, 6) is 0.156. The number of aromatic nitrogens is 3. The van der Waals surface area contributed by atoms with Crippen LogP contribution in [-0.2, 0) is 7.05 Å². The van der Waals surface area contributed by atoms with Gasteiger partial charge in [-0.05, 0) is 25.8 Å². The Morgan fingerprint density at radius 1 is 1.48 bits per heavy atom. The molecule has 120 valence electrons. The van der Waals surface area contributed by atoms with E-state index < -0.39 is 5.97 Å². The molecule has 1 fully saturated rings. The number of pyridine rings is 1. The number of hydrogen-bond donors (Lipinski definition) is 2. The molecule has 7 nitrogen and oxygen atoms in total. The predicted molar refractivity (Wildman–Crippen MR) is 84.0 cm³/mol. The Hall–Kier alpha value is -2.41. The summed E-state index contributed by atoms with van der Waals surface area (Å²) >= 11 is 6.15. The number of nitrogens with zero attached hydrogens (tertiary/aromatic N) is 3. The molecule has 0 spiro atoms. The van der Waals surface area contributed by atoms with Crippen LogP contribution < -0.4 is 10.2 Å². The maximum Gasteiger partial charge on any atom is 0.346 e. The molecule has 23 heavy (non-hydrogen) atoms. The average molecular weight is 334 g/mol. The lowest BCUT2D eigenvalue weighted by molar-refractivity contribution is 0.0720. The third kappa shape index (κ3) is 2.92. The van der Waals surface area contributed by atoms with E-state index in [1.165, 1.54) is 21.5 Å². The number of nitrogens with one attached hydrogen (secondary N) is 2. The van der Waals surface area contributed by atoms with Crippen molar-refractivity contribution in [2.45, 2.75) is 19.8 Å². The molecule has 1 aliphatic rings. The molecule has 2 aromatic rings. The number of carbonyl (C=O) groups excluding carboxylic acids is 1. The van der Waals surface area contributed by atoms with Gasteiger partial charge >= 0.3 is 5.97 Å². The zero-order valence-corrected chi connectivity index (χ0v) is 13.5. The summed E-state index contributed by atoms with van der Waals surface area (Å²) < 4.78 is 8.13. The van der Waals surface area contributed by atoms with Crippen LogP contribution >= 0.6 is 11.6 Å². The molecule has 0 unspecified atom stereocenters. The summed E-state index contributed by atoms with van der Waals surface area (Å²) in [6, 6.07) is 3.11. The molecule has 2 aromatic heterocycles. The Labute approximate surface area is 137 Å². The number of carbonyl (C=O) groups is 1. The fraction of sp³-hybridized carbons (Fsp3) is 0.333. The van der Waals surface area contributed by atoms with E-state index in [0.717, 1.165) is 18.5 Å². The third-order valence-electron chi connectivity index (χ3n) is 3.68. The van der Waals surface area contributed by atoms with Crippen LogP contribution in [-0.4, -0.2) is 26.2 Å². The lowest BCUT2D eigenvalue weighted by Crippen LogP contribution is -2.29. The predicted octanol–water partition coefficient (Wildman–Crippen LogP) is 2.12. The summed E-state index contributed by atoms with van der Waals surface area (Å²) in [5, 5.41) is 20.2. The Kier molecular flexibility index (Phi) is 3.81. The maximum absolute atomic E-state index is 12.3. The van der Waals surface area contributed by atoms with Crippen LogP contribution in [0.5, 0.6) is 5.88 Å². The van der Waals surface area contributed by atoms with Crippen LogP contribution in [0.15, 0.2) is 18.3 Å². The number of esters is 1. The molecule has 0 atom stereocenters. The number of aryl methyl sites for hydroxylation is 2. The van der Waals surface area contributed by atoms with Crippen molar-refractivity contribution in [1.82, 2.24) is 14.3 Å². The maximum atomic E-state index is 12.3. The van der Waals surface area contributed by atoms with E-state index in [1.807, 2.05) is 0 Å². The highest BCUT2D eigenvalue weighted by molar-refractivity contribution is 6.33. The van der Waals surface area contributed by atoms with Gasteiger partial charge < -0.3 is 4.74 Å². The first-order chi connectivity index (χ1) is 10.9. The second-order valence-electron chi connectivity index (χ2n) is 5.56. The third-order valence-corrected chi connectivity index (χ3v) is 4.06. The molecule has 0 bridgehead atoms. The number of rotatable bonds is 3. The highest BCUT2D eigenvalue weighted by Crippen LogP contribution is 2.30. The molecule has 8 heteroatoms. The monoisotopic (exact) mass is 333 g/mol. The summed E-state index contributed by atoms with van der Waals surface area (Å²) in [6.07, 6.45) is 3.42. The minimum atomic E-state index is -0.656. The molecule has 0 aliphatic heterocycles. The zero-order chi connectivity index (χ0) is 16.7. The van der Waals surface area contributed by atoms with Crippen LogP contribution in [0.1, 0.15) is 28.9 Å². The molecule has 2 N–H and O–H groups in total. The Morgan fingerprint density at radius 3 is 2.74 bits per heavy atom. The van der Waals surface area contributed by atoms with Gasteiger partial charge in [-0.15, -0.1) is 0 Å². The van der Waals surface area contributed by atoms with E-state index in [0.29, 0.717) is 11.7 Å². The van der Waals surface area contributed by atoms with Crippen molar-refractivity contribution in [1.29, 1.82) is 10.8 Å². The van der Waals surface area contributed by atoms with E-state index in [2.05, 4.69) is 5.10 Å². The molecule has 0 amide bonds. The molecular weight excluding hydrogens is 318 g/mol. The average Bonchev–Trinajstić information content (AvgIpc) is 3.28. The smallest absolute Gasteiger partial charge is 0.346 e. The summed E-state index contributed by atoms with van der Waals surface area (Å²) in [5.41, 5.74) is 0.737. The molecule has 1 aliphatic carbocycles. The topological polar surface area (TPSA) is 96.8 Å². The minimum Gasteiger partial charge on any atom is -0.404 e. The largest absolute Gasteiger partial charge is 0.404 e. The second-order valence-corrected chi connectivity index (χ2v) is 5.94. The molecule has 3 rings (SSSR count). The molecule has 1 saturated carbocycles. The molecule has 2 heterocycles. The normalized spacial score (nSPS) is 13.9. The van der Waals surface area contributed by atoms with Crippen molar-refractivity contribution in [3.05, 3.63) is 40.1 Å². The molecular formula is C15H16ClN5O2. The van der Waals surface area contributed by atoms with Gasteiger partial charge in [-0.1, -0.05) is 11.6 Å². The summed E-state index contributed by atoms with van der Waals surface area (Å²) in [7, 11) is 1.67. The van der Waals surface area contributed by atoms with Gasteiger partial charge in [0.05, 0.1) is 16.3 Å². The van der Waals surface area contributed by atoms with E-state index >= 15 is 0 Å². The quantitative estimate of drug-likeness (QED) is 0.511. The molecule has 0 saturated heterocycles. The van der Waals surface area contributed by atoms with Crippen molar-refractivity contribution >= 4 is 23.4 Å². The standard InChI is InChI=1S/C15H16ClN5O2/c1-8-7-11(20(2)19-8)23-15(22)10-5-6-21(14(18)12(10)16)13(17)9-3-4-9/h5-7,9,17-18H,3-4H2,1-2H3. The van der Waals surface area contributed by atoms with Crippen molar-refractivity contribution in [3.8, 4) is 5.88 Å². The fourth-order valence-electron chi connectivity index (χ4n) is 2.27. The lowest BCUT2D eigenvalue weighted by atomic mass is 10.2. The zero-order valence-electron chi connectivity index (χ0n) is 12.8. The lowest BCUT2D eigenvalue weighted by Gasteiger charge is -2.11. The van der Waals surface area contributed by atoms with Gasteiger partial charge in [0.15, 0.2) is 0 Å². The number of halogens is 1. The van der Waals surface area contributed by atoms with Crippen molar-refractivity contribution < 1.29 is 9.53 Å². The summed E-state index contributed by atoms with van der Waals surface area (Å²) in [4.78, 5) is 12.3. The van der Waals surface area contributed by atoms with Crippen LogP contribution in [0.25, 0.3) is 0 Å². The van der Waals surface area contributed by atoms with Crippen LogP contribution in [0.4, 0.5) is 0 Å². The molecule has 0 aromatic carbocycles. The molecule has 0 radical (unpaired) electrons. The van der Waals surface area contributed by atoms with Gasteiger partial charge in [0.1, 0.15) is 11.3 Å². The Bertz CT molecular complexity index is 863. The van der Waals surface area contributed by atoms with Crippen LogP contribution in [0.2, 0.25) is 5.02 Å². The van der Waals surface area contributed by atoms with E-state index in [9.17, 15) is 4.79 Å². The van der Waals surface area contributed by atoms with Gasteiger partial charge in [0.25, 0.3) is 0 Å². The van der Waals surface area contributed by atoms with Gasteiger partial charge in [-0.2, -0.15) is 5.10 Å². The highest BCUT2D eigenvalue weighted by atomic mass is 35.5. The van der Waals surface area contributed by atoms with E-state index in [-0.39, 0.29) is 22.0 Å².